The summed E-state index contributed by atoms with van der Waals surface area (Å²) in [5.41, 5.74) is 1.09. The largest absolute Gasteiger partial charge is 0.497 e. The molecule has 0 aliphatic rings. The van der Waals surface area contributed by atoms with E-state index in [2.05, 4.69) is 10.6 Å². The maximum absolute atomic E-state index is 12.2. The Hall–Kier alpha value is -3.34. The number of fused-ring (bicyclic) bond motifs is 1. The van der Waals surface area contributed by atoms with Gasteiger partial charge in [-0.15, -0.1) is 0 Å². The van der Waals surface area contributed by atoms with Crippen molar-refractivity contribution in [1.29, 1.82) is 0 Å². The predicted molar refractivity (Wildman–Crippen MR) is 94.2 cm³/mol. The van der Waals surface area contributed by atoms with Crippen LogP contribution in [0.25, 0.3) is 10.8 Å². The monoisotopic (exact) mass is 320 g/mol. The quantitative estimate of drug-likeness (QED) is 0.727. The molecular weight excluding hydrogens is 304 g/mol. The summed E-state index contributed by atoms with van der Waals surface area (Å²) in [6, 6.07) is 20.0. The lowest BCUT2D eigenvalue weighted by molar-refractivity contribution is -0.132. The maximum atomic E-state index is 12.2. The van der Waals surface area contributed by atoms with Crippen LogP contribution < -0.4 is 15.4 Å². The highest BCUT2D eigenvalue weighted by Crippen LogP contribution is 2.23. The number of benzene rings is 3. The number of nitrogens with one attached hydrogen (secondary N) is 2. The van der Waals surface area contributed by atoms with Crippen molar-refractivity contribution in [2.45, 2.75) is 0 Å². The molecule has 0 aliphatic heterocycles. The summed E-state index contributed by atoms with van der Waals surface area (Å²) in [5.74, 6) is -0.868. The Labute approximate surface area is 139 Å². The molecule has 0 saturated carbocycles. The van der Waals surface area contributed by atoms with Gasteiger partial charge in [-0.05, 0) is 23.6 Å². The second kappa shape index (κ2) is 6.83. The normalized spacial score (nSPS) is 10.2. The molecule has 0 aliphatic carbocycles. The van der Waals surface area contributed by atoms with Crippen molar-refractivity contribution < 1.29 is 14.3 Å². The van der Waals surface area contributed by atoms with Gasteiger partial charge in [0, 0.05) is 22.8 Å². The summed E-state index contributed by atoms with van der Waals surface area (Å²) < 4.78 is 5.09. The van der Waals surface area contributed by atoms with Gasteiger partial charge in [0.15, 0.2) is 0 Å². The molecule has 0 radical (unpaired) electrons. The number of methoxy groups -OCH3 is 1. The molecule has 0 bridgehead atoms. The molecule has 5 nitrogen and oxygen atoms in total. The van der Waals surface area contributed by atoms with E-state index < -0.39 is 11.8 Å². The maximum Gasteiger partial charge on any atom is 0.314 e. The Morgan fingerprint density at radius 3 is 2.38 bits per heavy atom. The molecule has 0 unspecified atom stereocenters. The van der Waals surface area contributed by atoms with E-state index in [9.17, 15) is 9.59 Å². The van der Waals surface area contributed by atoms with Gasteiger partial charge in [-0.3, -0.25) is 9.59 Å². The highest BCUT2D eigenvalue weighted by molar-refractivity contribution is 6.44. The van der Waals surface area contributed by atoms with Gasteiger partial charge in [0.25, 0.3) is 0 Å². The SMILES string of the molecule is COc1cccc(NC(=O)C(=O)Nc2cccc3ccccc23)c1. The average molecular weight is 320 g/mol. The minimum absolute atomic E-state index is 0.493. The first-order valence-corrected chi connectivity index (χ1v) is 7.41. The molecule has 2 amide bonds. The lowest BCUT2D eigenvalue weighted by Crippen LogP contribution is -2.29. The number of ether oxygens (including phenoxy) is 1. The Bertz CT molecular complexity index is 901. The number of rotatable bonds is 3. The standard InChI is InChI=1S/C19H16N2O3/c1-24-15-9-5-8-14(12-15)20-18(22)19(23)21-17-11-4-7-13-6-2-3-10-16(13)17/h2-12H,1H3,(H,20,22)(H,21,23). The third-order valence-corrected chi connectivity index (χ3v) is 3.57. The lowest BCUT2D eigenvalue weighted by Gasteiger charge is -2.09. The number of amides is 2. The van der Waals surface area contributed by atoms with Gasteiger partial charge >= 0.3 is 11.8 Å². The fourth-order valence-corrected chi connectivity index (χ4v) is 2.40. The first-order chi connectivity index (χ1) is 11.7. The minimum atomic E-state index is -0.740. The van der Waals surface area contributed by atoms with Crippen molar-refractivity contribution >= 4 is 34.0 Å². The Balaban J connectivity index is 1.75. The molecule has 3 rings (SSSR count). The number of carbonyl (C=O) groups excluding carboxylic acids is 2. The van der Waals surface area contributed by atoms with E-state index in [1.165, 1.54) is 7.11 Å². The van der Waals surface area contributed by atoms with Crippen LogP contribution in [0.4, 0.5) is 11.4 Å². The molecule has 2 N–H and O–H groups in total. The van der Waals surface area contributed by atoms with E-state index in [4.69, 9.17) is 4.74 Å². The number of hydrogen-bond acceptors (Lipinski definition) is 3. The second-order valence-electron chi connectivity index (χ2n) is 5.17. The molecule has 0 fully saturated rings. The van der Waals surface area contributed by atoms with Gasteiger partial charge in [0.05, 0.1) is 7.11 Å². The van der Waals surface area contributed by atoms with Crippen LogP contribution in [0.15, 0.2) is 66.7 Å². The molecule has 3 aromatic carbocycles. The molecule has 0 heterocycles. The van der Waals surface area contributed by atoms with E-state index in [1.54, 1.807) is 30.3 Å². The molecule has 0 spiro atoms. The van der Waals surface area contributed by atoms with Crippen molar-refractivity contribution in [3.05, 3.63) is 66.7 Å². The van der Waals surface area contributed by atoms with E-state index in [0.717, 1.165) is 10.8 Å². The third-order valence-electron chi connectivity index (χ3n) is 3.57. The fraction of sp³-hybridized carbons (Fsp3) is 0.0526. The number of anilines is 2. The van der Waals surface area contributed by atoms with Crippen LogP contribution in [0.3, 0.4) is 0 Å². The summed E-state index contributed by atoms with van der Waals surface area (Å²) in [6.07, 6.45) is 0. The van der Waals surface area contributed by atoms with Crippen molar-refractivity contribution in [2.75, 3.05) is 17.7 Å². The van der Waals surface area contributed by atoms with Crippen LogP contribution in [-0.2, 0) is 9.59 Å². The van der Waals surface area contributed by atoms with E-state index in [1.807, 2.05) is 36.4 Å². The zero-order valence-corrected chi connectivity index (χ0v) is 13.1. The zero-order valence-electron chi connectivity index (χ0n) is 13.1. The van der Waals surface area contributed by atoms with Crippen molar-refractivity contribution in [3.8, 4) is 5.75 Å². The molecule has 0 atom stereocenters. The summed E-state index contributed by atoms with van der Waals surface area (Å²) in [5, 5.41) is 7.07. The molecular formula is C19H16N2O3. The van der Waals surface area contributed by atoms with Gasteiger partial charge in [0.2, 0.25) is 0 Å². The van der Waals surface area contributed by atoms with Crippen LogP contribution >= 0.6 is 0 Å². The van der Waals surface area contributed by atoms with E-state index in [-0.39, 0.29) is 0 Å². The minimum Gasteiger partial charge on any atom is -0.497 e. The van der Waals surface area contributed by atoms with Crippen molar-refractivity contribution in [2.24, 2.45) is 0 Å². The Morgan fingerprint density at radius 2 is 1.54 bits per heavy atom. The van der Waals surface area contributed by atoms with Gasteiger partial charge in [-0.2, -0.15) is 0 Å². The highest BCUT2D eigenvalue weighted by Gasteiger charge is 2.15. The highest BCUT2D eigenvalue weighted by atomic mass is 16.5. The van der Waals surface area contributed by atoms with E-state index >= 15 is 0 Å². The van der Waals surface area contributed by atoms with Crippen LogP contribution in [0.1, 0.15) is 0 Å². The van der Waals surface area contributed by atoms with E-state index in [0.29, 0.717) is 17.1 Å². The first-order valence-electron chi connectivity index (χ1n) is 7.41. The molecule has 0 saturated heterocycles. The van der Waals surface area contributed by atoms with Crippen LogP contribution in [0.2, 0.25) is 0 Å². The van der Waals surface area contributed by atoms with Crippen LogP contribution in [0.5, 0.6) is 5.75 Å². The number of carbonyl (C=O) groups is 2. The Morgan fingerprint density at radius 1 is 0.833 bits per heavy atom. The predicted octanol–water partition coefficient (Wildman–Crippen LogP) is 3.43. The second-order valence-corrected chi connectivity index (χ2v) is 5.17. The van der Waals surface area contributed by atoms with Gasteiger partial charge in [0.1, 0.15) is 5.75 Å². The molecule has 0 aromatic heterocycles. The summed E-state index contributed by atoms with van der Waals surface area (Å²) >= 11 is 0. The molecule has 5 heteroatoms. The lowest BCUT2D eigenvalue weighted by atomic mass is 10.1. The summed E-state index contributed by atoms with van der Waals surface area (Å²) in [6.45, 7) is 0. The van der Waals surface area contributed by atoms with Gasteiger partial charge in [-0.1, -0.05) is 42.5 Å². The van der Waals surface area contributed by atoms with Crippen molar-refractivity contribution in [3.63, 3.8) is 0 Å². The fourth-order valence-electron chi connectivity index (χ4n) is 2.40. The van der Waals surface area contributed by atoms with Crippen LogP contribution in [-0.4, -0.2) is 18.9 Å². The van der Waals surface area contributed by atoms with Gasteiger partial charge < -0.3 is 15.4 Å². The summed E-state index contributed by atoms with van der Waals surface area (Å²) in [4.78, 5) is 24.2. The molecule has 24 heavy (non-hydrogen) atoms. The first kappa shape index (κ1) is 15.6. The number of hydrogen-bond donors (Lipinski definition) is 2. The molecule has 120 valence electrons. The topological polar surface area (TPSA) is 67.4 Å². The molecule has 3 aromatic rings. The third kappa shape index (κ3) is 3.35. The van der Waals surface area contributed by atoms with Gasteiger partial charge in [-0.25, -0.2) is 0 Å². The average Bonchev–Trinajstić information content (AvgIpc) is 2.62. The van der Waals surface area contributed by atoms with Crippen LogP contribution in [0, 0.1) is 0 Å². The zero-order chi connectivity index (χ0) is 16.9. The Kier molecular flexibility index (Phi) is 4.43. The smallest absolute Gasteiger partial charge is 0.314 e. The van der Waals surface area contributed by atoms with Crippen molar-refractivity contribution in [1.82, 2.24) is 0 Å². The summed E-state index contributed by atoms with van der Waals surface area (Å²) in [7, 11) is 1.54.